The summed E-state index contributed by atoms with van der Waals surface area (Å²) in [6.07, 6.45) is 7.28. The molecule has 1 aromatic heterocycles. The lowest BCUT2D eigenvalue weighted by Crippen LogP contribution is -2.29. The summed E-state index contributed by atoms with van der Waals surface area (Å²) in [7, 11) is 0. The first kappa shape index (κ1) is 12.5. The molecule has 18 heavy (non-hydrogen) atoms. The van der Waals surface area contributed by atoms with Crippen molar-refractivity contribution in [2.75, 3.05) is 13.1 Å². The number of allylic oxidation sites excluding steroid dienone is 1. The predicted octanol–water partition coefficient (Wildman–Crippen LogP) is 1.42. The molecule has 5 nitrogen and oxygen atoms in total. The van der Waals surface area contributed by atoms with Crippen molar-refractivity contribution in [3.05, 3.63) is 30.2 Å². The van der Waals surface area contributed by atoms with Crippen molar-refractivity contribution in [2.24, 2.45) is 0 Å². The van der Waals surface area contributed by atoms with Gasteiger partial charge in [-0.3, -0.25) is 9.78 Å². The van der Waals surface area contributed by atoms with Crippen molar-refractivity contribution in [3.8, 4) is 5.88 Å². The van der Waals surface area contributed by atoms with Crippen LogP contribution in [0.5, 0.6) is 5.88 Å². The number of carbonyl (C=O) groups is 1. The van der Waals surface area contributed by atoms with E-state index in [0.29, 0.717) is 12.4 Å². The minimum atomic E-state index is 0.0104. The van der Waals surface area contributed by atoms with Gasteiger partial charge in [0.2, 0.25) is 11.8 Å². The van der Waals surface area contributed by atoms with Crippen molar-refractivity contribution >= 4 is 5.91 Å². The van der Waals surface area contributed by atoms with Gasteiger partial charge in [0.05, 0.1) is 12.7 Å². The average molecular weight is 247 g/mol. The smallest absolute Gasteiger partial charge is 0.246 e. The number of carbonyl (C=O) groups excluding carboxylic acids is 1. The summed E-state index contributed by atoms with van der Waals surface area (Å²) in [4.78, 5) is 21.6. The zero-order valence-corrected chi connectivity index (χ0v) is 10.7. The molecule has 1 saturated heterocycles. The Hall–Kier alpha value is -1.91. The van der Waals surface area contributed by atoms with Crippen LogP contribution in [0.4, 0.5) is 0 Å². The van der Waals surface area contributed by atoms with Crippen LogP contribution >= 0.6 is 0 Å². The maximum atomic E-state index is 11.8. The third-order valence-electron chi connectivity index (χ3n) is 2.70. The van der Waals surface area contributed by atoms with Crippen LogP contribution in [-0.2, 0) is 4.79 Å². The van der Waals surface area contributed by atoms with E-state index in [9.17, 15) is 4.79 Å². The number of likely N-dealkylation sites (tertiary alicyclic amines) is 1. The lowest BCUT2D eigenvalue weighted by Gasteiger charge is -2.15. The van der Waals surface area contributed by atoms with Crippen LogP contribution in [0.2, 0.25) is 0 Å². The summed E-state index contributed by atoms with van der Waals surface area (Å²) in [5.41, 5.74) is 1.01. The Bertz CT molecular complexity index is 441. The molecule has 96 valence electrons. The van der Waals surface area contributed by atoms with E-state index in [0.717, 1.165) is 18.5 Å². The van der Waals surface area contributed by atoms with Crippen LogP contribution < -0.4 is 4.74 Å². The van der Waals surface area contributed by atoms with Crippen molar-refractivity contribution < 1.29 is 9.53 Å². The number of nitrogens with zero attached hydrogens (tertiary/aromatic N) is 3. The molecular formula is C13H17N3O2. The maximum absolute atomic E-state index is 11.8. The monoisotopic (exact) mass is 247 g/mol. The molecule has 1 fully saturated rings. The number of ether oxygens (including phenoxy) is 1. The van der Waals surface area contributed by atoms with E-state index in [1.54, 1.807) is 29.6 Å². The zero-order valence-electron chi connectivity index (χ0n) is 10.7. The highest BCUT2D eigenvalue weighted by molar-refractivity contribution is 5.88. The molecule has 5 heteroatoms. The van der Waals surface area contributed by atoms with Gasteiger partial charge in [-0.15, -0.1) is 0 Å². The van der Waals surface area contributed by atoms with Gasteiger partial charge in [0.15, 0.2) is 0 Å². The number of hydrogen-bond acceptors (Lipinski definition) is 4. The normalized spacial score (nSPS) is 18.6. The maximum Gasteiger partial charge on any atom is 0.246 e. The van der Waals surface area contributed by atoms with Crippen molar-refractivity contribution in [1.82, 2.24) is 14.9 Å². The second-order valence-electron chi connectivity index (χ2n) is 4.58. The standard InChI is InChI=1S/C13H17N3O2/c1-10(2)7-13(17)16-6-3-11(9-16)18-12-8-14-4-5-15-12/h4-5,7-8,11H,3,6,9H2,1-2H3/t11-/m1/s1. The highest BCUT2D eigenvalue weighted by Gasteiger charge is 2.26. The first-order valence-electron chi connectivity index (χ1n) is 6.01. The summed E-state index contributed by atoms with van der Waals surface area (Å²) in [5, 5.41) is 0. The van der Waals surface area contributed by atoms with Crippen LogP contribution in [0.1, 0.15) is 20.3 Å². The highest BCUT2D eigenvalue weighted by Crippen LogP contribution is 2.16. The SMILES string of the molecule is CC(C)=CC(=O)N1CC[C@@H](Oc2cnccn2)C1. The van der Waals surface area contributed by atoms with Gasteiger partial charge in [-0.1, -0.05) is 5.57 Å². The van der Waals surface area contributed by atoms with Crippen LogP contribution in [0, 0.1) is 0 Å². The number of hydrogen-bond donors (Lipinski definition) is 0. The zero-order chi connectivity index (χ0) is 13.0. The molecule has 0 aromatic carbocycles. The van der Waals surface area contributed by atoms with Gasteiger partial charge >= 0.3 is 0 Å². The molecule has 1 aliphatic heterocycles. The molecule has 2 heterocycles. The van der Waals surface area contributed by atoms with Gasteiger partial charge in [-0.25, -0.2) is 4.98 Å². The molecule has 0 spiro atoms. The fraction of sp³-hybridized carbons (Fsp3) is 0.462. The lowest BCUT2D eigenvalue weighted by atomic mass is 10.3. The molecule has 1 amide bonds. The molecule has 1 aromatic rings. The van der Waals surface area contributed by atoms with E-state index in [1.807, 2.05) is 13.8 Å². The lowest BCUT2D eigenvalue weighted by molar-refractivity contribution is -0.125. The molecule has 0 bridgehead atoms. The third kappa shape index (κ3) is 3.29. The van der Waals surface area contributed by atoms with Gasteiger partial charge in [-0.05, 0) is 13.8 Å². The Labute approximate surface area is 106 Å². The van der Waals surface area contributed by atoms with Crippen LogP contribution in [0.3, 0.4) is 0 Å². The van der Waals surface area contributed by atoms with Gasteiger partial charge in [0, 0.05) is 31.4 Å². The molecule has 1 atom stereocenters. The molecule has 0 aliphatic carbocycles. The summed E-state index contributed by atoms with van der Waals surface area (Å²) in [5.74, 6) is 0.569. The topological polar surface area (TPSA) is 55.3 Å². The Morgan fingerprint density at radius 3 is 3.00 bits per heavy atom. The fourth-order valence-electron chi connectivity index (χ4n) is 1.88. The van der Waals surface area contributed by atoms with Crippen LogP contribution in [0.15, 0.2) is 30.2 Å². The highest BCUT2D eigenvalue weighted by atomic mass is 16.5. The van der Waals surface area contributed by atoms with E-state index in [4.69, 9.17) is 4.74 Å². The summed E-state index contributed by atoms with van der Waals surface area (Å²) in [6, 6.07) is 0. The minimum absolute atomic E-state index is 0.0104. The van der Waals surface area contributed by atoms with Crippen LogP contribution in [0.25, 0.3) is 0 Å². The first-order chi connectivity index (χ1) is 8.65. The molecule has 1 aliphatic rings. The fourth-order valence-corrected chi connectivity index (χ4v) is 1.88. The van der Waals surface area contributed by atoms with Crippen molar-refractivity contribution in [3.63, 3.8) is 0 Å². The predicted molar refractivity (Wildman–Crippen MR) is 67.1 cm³/mol. The third-order valence-corrected chi connectivity index (χ3v) is 2.70. The Morgan fingerprint density at radius 1 is 1.50 bits per heavy atom. The average Bonchev–Trinajstić information content (AvgIpc) is 2.78. The van der Waals surface area contributed by atoms with E-state index in [1.165, 1.54) is 0 Å². The second-order valence-corrected chi connectivity index (χ2v) is 4.58. The molecule has 0 unspecified atom stereocenters. The largest absolute Gasteiger partial charge is 0.471 e. The second kappa shape index (κ2) is 5.62. The van der Waals surface area contributed by atoms with Gasteiger partial charge in [0.25, 0.3) is 0 Å². The number of rotatable bonds is 3. The van der Waals surface area contributed by atoms with Crippen LogP contribution in [-0.4, -0.2) is 40.0 Å². The molecule has 2 rings (SSSR count). The van der Waals surface area contributed by atoms with E-state index in [2.05, 4.69) is 9.97 Å². The molecule has 0 radical (unpaired) electrons. The van der Waals surface area contributed by atoms with E-state index < -0.39 is 0 Å². The molecule has 0 N–H and O–H groups in total. The van der Waals surface area contributed by atoms with E-state index >= 15 is 0 Å². The summed E-state index contributed by atoms with van der Waals surface area (Å²) in [6.45, 7) is 5.18. The minimum Gasteiger partial charge on any atom is -0.471 e. The Balaban J connectivity index is 1.89. The number of aromatic nitrogens is 2. The van der Waals surface area contributed by atoms with E-state index in [-0.39, 0.29) is 12.0 Å². The molecule has 0 saturated carbocycles. The van der Waals surface area contributed by atoms with Crippen molar-refractivity contribution in [1.29, 1.82) is 0 Å². The Morgan fingerprint density at radius 2 is 2.33 bits per heavy atom. The van der Waals surface area contributed by atoms with Crippen molar-refractivity contribution in [2.45, 2.75) is 26.4 Å². The van der Waals surface area contributed by atoms with Gasteiger partial charge < -0.3 is 9.64 Å². The first-order valence-corrected chi connectivity index (χ1v) is 6.01. The summed E-state index contributed by atoms with van der Waals surface area (Å²) >= 11 is 0. The summed E-state index contributed by atoms with van der Waals surface area (Å²) < 4.78 is 5.67. The van der Waals surface area contributed by atoms with Gasteiger partial charge in [-0.2, -0.15) is 0 Å². The quantitative estimate of drug-likeness (QED) is 0.758. The van der Waals surface area contributed by atoms with Gasteiger partial charge in [0.1, 0.15) is 6.10 Å². The Kier molecular flexibility index (Phi) is 3.92. The molecular weight excluding hydrogens is 230 g/mol. The number of amides is 1.